The number of nitrogens with zero attached hydrogens (tertiary/aromatic N) is 1. The maximum atomic E-state index is 5.53. The molecule has 2 spiro atoms. The fraction of sp³-hybridized carbons (Fsp3) is 0.0417. The van der Waals surface area contributed by atoms with Gasteiger partial charge in [-0.05, 0) is 134 Å². The van der Waals surface area contributed by atoms with Crippen molar-refractivity contribution in [3.05, 3.63) is 328 Å². The van der Waals surface area contributed by atoms with Crippen molar-refractivity contribution in [1.29, 1.82) is 0 Å². The summed E-state index contributed by atoms with van der Waals surface area (Å²) in [6, 6.07) is 97.5. The van der Waals surface area contributed by atoms with Gasteiger partial charge in [0.25, 0.3) is 0 Å². The van der Waals surface area contributed by atoms with Crippen LogP contribution < -0.4 is 5.32 Å². The van der Waals surface area contributed by atoms with Crippen LogP contribution in [0.3, 0.4) is 0 Å². The highest BCUT2D eigenvalue weighted by molar-refractivity contribution is 7.99. The standard InChI is InChI=1S/C72H46N2S/c1-2-19-46(20-3-1)65-44-66(48-41-42-54-52-23-5-4-21-50(52)51-22-6-7-24-53(51)56(54)43-48)74-70(73-65)47-39-37-45(38-40-47)49-26-18-34-64-69(49)55-25-8-9-27-57(55)71(64)58-28-10-12-30-60(58)72(61-31-13-11-29-59(61)71)62-32-14-16-35-67(62)75-68-36-17-15-33-63(68)72/h1-44,70,73H. The number of fused-ring (bicyclic) bond motifs is 21. The molecule has 2 nitrogen and oxygen atoms in total. The van der Waals surface area contributed by atoms with Gasteiger partial charge in [0.2, 0.25) is 0 Å². The fourth-order valence-electron chi connectivity index (χ4n) is 13.8. The van der Waals surface area contributed by atoms with Crippen molar-refractivity contribution >= 4 is 55.5 Å². The molecule has 16 rings (SSSR count). The van der Waals surface area contributed by atoms with Crippen molar-refractivity contribution in [2.45, 2.75) is 26.8 Å². The van der Waals surface area contributed by atoms with Crippen LogP contribution in [0, 0.1) is 0 Å². The van der Waals surface area contributed by atoms with Crippen LogP contribution in [0.4, 0.5) is 0 Å². The minimum absolute atomic E-state index is 0.306. The summed E-state index contributed by atoms with van der Waals surface area (Å²) in [6.07, 6.45) is 1.92. The van der Waals surface area contributed by atoms with E-state index in [1.165, 1.54) is 109 Å². The fourth-order valence-corrected chi connectivity index (χ4v) is 15.0. The molecule has 2 aliphatic heterocycles. The summed E-state index contributed by atoms with van der Waals surface area (Å²) in [7, 11) is 0. The maximum absolute atomic E-state index is 5.53. The van der Waals surface area contributed by atoms with E-state index in [-0.39, 0.29) is 6.17 Å². The van der Waals surface area contributed by atoms with Gasteiger partial charge in [-0.1, -0.05) is 254 Å². The molecule has 0 amide bonds. The van der Waals surface area contributed by atoms with E-state index >= 15 is 0 Å². The molecule has 0 bridgehead atoms. The van der Waals surface area contributed by atoms with E-state index in [0.717, 1.165) is 28.1 Å². The number of allylic oxidation sites excluding steroid dienone is 1. The third kappa shape index (κ3) is 5.90. The molecule has 1 N–H and O–H groups in total. The maximum Gasteiger partial charge on any atom is 0.145 e. The van der Waals surface area contributed by atoms with Crippen LogP contribution in [0.5, 0.6) is 0 Å². The Morgan fingerprint density at radius 1 is 0.333 bits per heavy atom. The topological polar surface area (TPSA) is 24.4 Å². The Bertz CT molecular complexity index is 4300. The minimum atomic E-state index is -0.561. The first-order valence-corrected chi connectivity index (χ1v) is 26.9. The van der Waals surface area contributed by atoms with E-state index in [2.05, 4.69) is 272 Å². The largest absolute Gasteiger partial charge is 0.360 e. The average molecular weight is 971 g/mol. The predicted octanol–water partition coefficient (Wildman–Crippen LogP) is 17.5. The van der Waals surface area contributed by atoms with Crippen LogP contribution in [0.15, 0.2) is 282 Å². The molecule has 12 aromatic carbocycles. The molecule has 1 atom stereocenters. The first-order valence-electron chi connectivity index (χ1n) is 26.1. The quantitative estimate of drug-likeness (QED) is 0.178. The van der Waals surface area contributed by atoms with Crippen LogP contribution in [-0.4, -0.2) is 5.71 Å². The normalized spacial score (nSPS) is 16.0. The zero-order valence-electron chi connectivity index (χ0n) is 40.8. The summed E-state index contributed by atoms with van der Waals surface area (Å²) in [5, 5.41) is 11.4. The summed E-state index contributed by atoms with van der Waals surface area (Å²) in [5.74, 6) is 0. The van der Waals surface area contributed by atoms with Gasteiger partial charge < -0.3 is 5.32 Å². The molecule has 350 valence electrons. The number of benzene rings is 12. The number of hydrogen-bond acceptors (Lipinski definition) is 3. The SMILES string of the molecule is C1=C(c2ccccc2)NC(c2ccc(-c3cccc4c3-c3ccccc3C43c4ccccc4C4(c5ccccc5Sc5ccccc54)c4ccccc43)cc2)N=C1c1ccc2c3ccccc3c3ccccc3c2c1. The summed E-state index contributed by atoms with van der Waals surface area (Å²) in [4.78, 5) is 8.15. The monoisotopic (exact) mass is 970 g/mol. The molecule has 12 aromatic rings. The van der Waals surface area contributed by atoms with E-state index < -0.39 is 10.8 Å². The minimum Gasteiger partial charge on any atom is -0.360 e. The molecule has 3 heteroatoms. The zero-order chi connectivity index (χ0) is 49.2. The van der Waals surface area contributed by atoms with Crippen molar-refractivity contribution in [2.75, 3.05) is 0 Å². The Morgan fingerprint density at radius 3 is 1.40 bits per heavy atom. The third-order valence-corrected chi connectivity index (χ3v) is 18.0. The van der Waals surface area contributed by atoms with Crippen molar-refractivity contribution in [3.63, 3.8) is 0 Å². The van der Waals surface area contributed by atoms with E-state index in [9.17, 15) is 0 Å². The molecule has 4 aliphatic rings. The van der Waals surface area contributed by atoms with Gasteiger partial charge in [0.15, 0.2) is 0 Å². The van der Waals surface area contributed by atoms with Crippen molar-refractivity contribution < 1.29 is 0 Å². The smallest absolute Gasteiger partial charge is 0.145 e. The predicted molar refractivity (Wildman–Crippen MR) is 311 cm³/mol. The molecule has 1 unspecified atom stereocenters. The van der Waals surface area contributed by atoms with Gasteiger partial charge >= 0.3 is 0 Å². The summed E-state index contributed by atoms with van der Waals surface area (Å²) < 4.78 is 0. The lowest BCUT2D eigenvalue weighted by atomic mass is 9.51. The molecule has 0 saturated heterocycles. The Hall–Kier alpha value is -9.02. The molecule has 0 radical (unpaired) electrons. The molecule has 0 aromatic heterocycles. The Kier molecular flexibility index (Phi) is 9.20. The van der Waals surface area contributed by atoms with E-state index in [1.807, 2.05) is 11.8 Å². The number of rotatable bonds is 4. The van der Waals surface area contributed by atoms with Crippen molar-refractivity contribution in [2.24, 2.45) is 4.99 Å². The molecule has 2 heterocycles. The van der Waals surface area contributed by atoms with Gasteiger partial charge in [-0.2, -0.15) is 0 Å². The van der Waals surface area contributed by atoms with Crippen LogP contribution in [0.25, 0.3) is 60.3 Å². The van der Waals surface area contributed by atoms with Gasteiger partial charge in [-0.15, -0.1) is 0 Å². The summed E-state index contributed by atoms with van der Waals surface area (Å²) >= 11 is 1.89. The highest BCUT2D eigenvalue weighted by Gasteiger charge is 2.58. The number of aliphatic imine (C=N–C) groups is 1. The van der Waals surface area contributed by atoms with Gasteiger partial charge in [0.05, 0.1) is 16.5 Å². The summed E-state index contributed by atoms with van der Waals surface area (Å²) in [5.41, 5.74) is 20.0. The molecular formula is C72H46N2S. The second-order valence-electron chi connectivity index (χ2n) is 20.4. The Balaban J connectivity index is 0.848. The Labute approximate surface area is 440 Å². The lowest BCUT2D eigenvalue weighted by Gasteiger charge is -2.51. The van der Waals surface area contributed by atoms with E-state index in [1.54, 1.807) is 0 Å². The third-order valence-electron chi connectivity index (χ3n) is 16.8. The lowest BCUT2D eigenvalue weighted by molar-refractivity contribution is 0.605. The zero-order valence-corrected chi connectivity index (χ0v) is 41.7. The van der Waals surface area contributed by atoms with Gasteiger partial charge in [-0.25, -0.2) is 0 Å². The molecule has 0 saturated carbocycles. The molecule has 2 aliphatic carbocycles. The van der Waals surface area contributed by atoms with Crippen molar-refractivity contribution in [3.8, 4) is 22.3 Å². The molecular weight excluding hydrogens is 925 g/mol. The number of nitrogens with one attached hydrogen (secondary N) is 1. The van der Waals surface area contributed by atoms with Gasteiger partial charge in [0.1, 0.15) is 6.17 Å². The first kappa shape index (κ1) is 42.5. The second kappa shape index (κ2) is 16.2. The molecule has 75 heavy (non-hydrogen) atoms. The average Bonchev–Trinajstić information content (AvgIpc) is 3.81. The molecule has 0 fully saturated rings. The Morgan fingerprint density at radius 2 is 0.787 bits per heavy atom. The van der Waals surface area contributed by atoms with Crippen LogP contribution in [0.2, 0.25) is 0 Å². The van der Waals surface area contributed by atoms with Gasteiger partial charge in [-0.3, -0.25) is 4.99 Å². The number of hydrogen-bond donors (Lipinski definition) is 1. The summed E-state index contributed by atoms with van der Waals surface area (Å²) in [6.45, 7) is 0. The second-order valence-corrected chi connectivity index (χ2v) is 21.5. The van der Waals surface area contributed by atoms with E-state index in [4.69, 9.17) is 4.99 Å². The van der Waals surface area contributed by atoms with Crippen LogP contribution in [-0.2, 0) is 10.8 Å². The van der Waals surface area contributed by atoms with Gasteiger partial charge in [0, 0.05) is 21.1 Å². The highest BCUT2D eigenvalue weighted by atomic mass is 32.2. The first-order chi connectivity index (χ1) is 37.2. The van der Waals surface area contributed by atoms with Crippen LogP contribution >= 0.6 is 11.8 Å². The highest BCUT2D eigenvalue weighted by Crippen LogP contribution is 2.67. The van der Waals surface area contributed by atoms with Crippen LogP contribution in [0.1, 0.15) is 67.4 Å². The van der Waals surface area contributed by atoms with E-state index in [0.29, 0.717) is 0 Å². The van der Waals surface area contributed by atoms with Crippen molar-refractivity contribution in [1.82, 2.24) is 5.32 Å². The lowest BCUT2D eigenvalue weighted by Crippen LogP contribution is -2.45.